The van der Waals surface area contributed by atoms with E-state index >= 15 is 0 Å². The fourth-order valence-corrected chi connectivity index (χ4v) is 7.19. The van der Waals surface area contributed by atoms with Crippen molar-refractivity contribution in [2.75, 3.05) is 4.72 Å². The number of hydrogen-bond acceptors (Lipinski definition) is 7. The molecule has 2 heterocycles. The molecule has 10 heteroatoms. The third-order valence-corrected chi connectivity index (χ3v) is 9.81. The largest absolute Gasteiger partial charge is 0.386 e. The molecule has 1 spiro atoms. The molecule has 3 aromatic rings. The SMILES string of the molecule is CCCCC1=NC2(CCCC2)C(=O)N1Cc1ccc(-c2ccccc2S(=O)(=O)Nc2onc(C)c2C)c(C(C)(C)O)c1. The number of nitrogens with zero attached hydrogens (tertiary/aromatic N) is 3. The molecule has 0 bridgehead atoms. The number of anilines is 1. The molecule has 1 saturated carbocycles. The summed E-state index contributed by atoms with van der Waals surface area (Å²) >= 11 is 0. The van der Waals surface area contributed by atoms with Gasteiger partial charge in [-0.15, -0.1) is 0 Å². The Kier molecular flexibility index (Phi) is 8.06. The highest BCUT2D eigenvalue weighted by Crippen LogP contribution is 2.41. The molecule has 5 rings (SSSR count). The lowest BCUT2D eigenvalue weighted by atomic mass is 9.88. The summed E-state index contributed by atoms with van der Waals surface area (Å²) in [6, 6.07) is 12.3. The average Bonchev–Trinajstić information content (AvgIpc) is 3.62. The van der Waals surface area contributed by atoms with Crippen LogP contribution in [0.4, 0.5) is 5.88 Å². The van der Waals surface area contributed by atoms with Gasteiger partial charge >= 0.3 is 0 Å². The summed E-state index contributed by atoms with van der Waals surface area (Å²) in [7, 11) is -4.06. The van der Waals surface area contributed by atoms with Crippen molar-refractivity contribution in [3.8, 4) is 11.1 Å². The van der Waals surface area contributed by atoms with Crippen LogP contribution in [0.5, 0.6) is 0 Å². The van der Waals surface area contributed by atoms with E-state index in [0.717, 1.165) is 56.3 Å². The minimum atomic E-state index is -4.06. The topological polar surface area (TPSA) is 125 Å². The highest BCUT2D eigenvalue weighted by atomic mass is 32.2. The number of carbonyl (C=O) groups excluding carboxylic acids is 1. The Hall–Kier alpha value is -3.50. The number of rotatable bonds is 10. The molecule has 1 fully saturated rings. The zero-order valence-corrected chi connectivity index (χ0v) is 25.8. The minimum Gasteiger partial charge on any atom is -0.386 e. The fraction of sp³-hybridized carbons (Fsp3) is 0.469. The van der Waals surface area contributed by atoms with Gasteiger partial charge in [0.1, 0.15) is 11.4 Å². The van der Waals surface area contributed by atoms with Crippen molar-refractivity contribution in [1.29, 1.82) is 0 Å². The molecule has 2 aromatic carbocycles. The second-order valence-corrected chi connectivity index (χ2v) is 13.7. The molecule has 1 amide bonds. The predicted molar refractivity (Wildman–Crippen MR) is 163 cm³/mol. The summed E-state index contributed by atoms with van der Waals surface area (Å²) in [5.74, 6) is 0.981. The third-order valence-electron chi connectivity index (χ3n) is 8.42. The van der Waals surface area contributed by atoms with Crippen LogP contribution in [-0.2, 0) is 27.0 Å². The van der Waals surface area contributed by atoms with E-state index in [9.17, 15) is 18.3 Å². The van der Waals surface area contributed by atoms with Crippen molar-refractivity contribution in [2.45, 2.75) is 102 Å². The van der Waals surface area contributed by atoms with Gasteiger partial charge in [-0.25, -0.2) is 13.1 Å². The van der Waals surface area contributed by atoms with Crippen LogP contribution in [-0.4, -0.2) is 40.9 Å². The van der Waals surface area contributed by atoms with E-state index in [1.807, 2.05) is 23.1 Å². The highest BCUT2D eigenvalue weighted by Gasteiger charge is 2.49. The number of aryl methyl sites for hydroxylation is 1. The number of unbranched alkanes of at least 4 members (excludes halogenated alkanes) is 1. The number of amides is 1. The zero-order chi connectivity index (χ0) is 30.3. The van der Waals surface area contributed by atoms with Crippen molar-refractivity contribution in [1.82, 2.24) is 10.1 Å². The van der Waals surface area contributed by atoms with Gasteiger partial charge in [0.05, 0.1) is 22.7 Å². The molecule has 9 nitrogen and oxygen atoms in total. The first-order valence-corrected chi connectivity index (χ1v) is 16.2. The number of aliphatic imine (C=N–C) groups is 1. The van der Waals surface area contributed by atoms with E-state index in [1.54, 1.807) is 45.9 Å². The van der Waals surface area contributed by atoms with Gasteiger partial charge in [-0.3, -0.25) is 14.7 Å². The maximum atomic E-state index is 13.7. The van der Waals surface area contributed by atoms with E-state index < -0.39 is 21.2 Å². The predicted octanol–water partition coefficient (Wildman–Crippen LogP) is 6.23. The molecular formula is C32H40N4O5S. The molecule has 1 aliphatic heterocycles. The monoisotopic (exact) mass is 592 g/mol. The number of nitrogens with one attached hydrogen (secondary N) is 1. The van der Waals surface area contributed by atoms with Crippen molar-refractivity contribution in [3.63, 3.8) is 0 Å². The first-order valence-electron chi connectivity index (χ1n) is 14.7. The zero-order valence-electron chi connectivity index (χ0n) is 25.0. The third kappa shape index (κ3) is 5.62. The molecule has 0 atom stereocenters. The van der Waals surface area contributed by atoms with E-state index in [1.165, 1.54) is 6.07 Å². The summed E-state index contributed by atoms with van der Waals surface area (Å²) in [4.78, 5) is 20.5. The van der Waals surface area contributed by atoms with E-state index in [2.05, 4.69) is 16.8 Å². The maximum absolute atomic E-state index is 13.7. The van der Waals surface area contributed by atoms with E-state index in [0.29, 0.717) is 34.5 Å². The van der Waals surface area contributed by atoms with Gasteiger partial charge in [0.15, 0.2) is 0 Å². The molecular weight excluding hydrogens is 552 g/mol. The lowest BCUT2D eigenvalue weighted by Crippen LogP contribution is -2.40. The molecule has 0 saturated heterocycles. The lowest BCUT2D eigenvalue weighted by molar-refractivity contribution is -0.131. The van der Waals surface area contributed by atoms with E-state index in [4.69, 9.17) is 9.52 Å². The Morgan fingerprint density at radius 1 is 1.10 bits per heavy atom. The lowest BCUT2D eigenvalue weighted by Gasteiger charge is -2.26. The summed E-state index contributed by atoms with van der Waals surface area (Å²) < 4.78 is 34.9. The van der Waals surface area contributed by atoms with Gasteiger partial charge in [-0.05, 0) is 69.7 Å². The molecule has 224 valence electrons. The number of aliphatic hydroxyl groups is 1. The minimum absolute atomic E-state index is 0.0450. The van der Waals surface area contributed by atoms with Crippen molar-refractivity contribution in [3.05, 3.63) is 64.8 Å². The Labute approximate surface area is 248 Å². The normalized spacial score (nSPS) is 16.9. The van der Waals surface area contributed by atoms with Crippen LogP contribution < -0.4 is 4.72 Å². The Bertz CT molecular complexity index is 1630. The number of aromatic nitrogens is 1. The van der Waals surface area contributed by atoms with Gasteiger partial charge < -0.3 is 9.63 Å². The maximum Gasteiger partial charge on any atom is 0.264 e. The molecule has 0 unspecified atom stereocenters. The highest BCUT2D eigenvalue weighted by molar-refractivity contribution is 7.92. The number of carbonyl (C=O) groups is 1. The summed E-state index contributed by atoms with van der Waals surface area (Å²) in [6.07, 6.45) is 6.32. The Morgan fingerprint density at radius 3 is 2.45 bits per heavy atom. The standard InChI is InChI=1S/C32H40N4O5S/c1-6-7-14-28-33-32(17-10-11-18-32)30(37)36(28)20-23-15-16-24(26(19-23)31(4,5)38)25-12-8-9-13-27(25)42(39,40)35-29-21(2)22(3)34-41-29/h8-9,12-13,15-16,19,35,38H,6-7,10-11,14,17-18,20H2,1-5H3. The smallest absolute Gasteiger partial charge is 0.264 e. The van der Waals surface area contributed by atoms with Crippen LogP contribution in [0.1, 0.15) is 88.1 Å². The summed E-state index contributed by atoms with van der Waals surface area (Å²) in [5.41, 5.74) is 1.71. The average molecular weight is 593 g/mol. The van der Waals surface area contributed by atoms with Gasteiger partial charge in [0.25, 0.3) is 15.9 Å². The van der Waals surface area contributed by atoms with Crippen LogP contribution in [0, 0.1) is 13.8 Å². The molecule has 2 N–H and O–H groups in total. The molecule has 0 radical (unpaired) electrons. The summed E-state index contributed by atoms with van der Waals surface area (Å²) in [5, 5.41) is 15.1. The van der Waals surface area contributed by atoms with Gasteiger partial charge in [0.2, 0.25) is 5.88 Å². The molecule has 2 aliphatic rings. The number of sulfonamides is 1. The van der Waals surface area contributed by atoms with Gasteiger partial charge in [0, 0.05) is 17.5 Å². The van der Waals surface area contributed by atoms with E-state index in [-0.39, 0.29) is 16.7 Å². The second-order valence-electron chi connectivity index (χ2n) is 12.0. The number of hydrogen-bond donors (Lipinski definition) is 2. The first-order chi connectivity index (χ1) is 19.9. The molecule has 1 aromatic heterocycles. The number of benzene rings is 2. The van der Waals surface area contributed by atoms with Crippen LogP contribution >= 0.6 is 0 Å². The van der Waals surface area contributed by atoms with Crippen molar-refractivity contribution >= 4 is 27.7 Å². The van der Waals surface area contributed by atoms with Crippen LogP contribution in [0.3, 0.4) is 0 Å². The van der Waals surface area contributed by atoms with Crippen LogP contribution in [0.15, 0.2) is 56.9 Å². The van der Waals surface area contributed by atoms with Crippen molar-refractivity contribution < 1.29 is 22.8 Å². The fourth-order valence-electron chi connectivity index (χ4n) is 5.92. The molecule has 1 aliphatic carbocycles. The van der Waals surface area contributed by atoms with Crippen molar-refractivity contribution in [2.24, 2.45) is 4.99 Å². The number of amidine groups is 1. The first kappa shape index (κ1) is 30.0. The summed E-state index contributed by atoms with van der Waals surface area (Å²) in [6.45, 7) is 9.30. The van der Waals surface area contributed by atoms with Gasteiger partial charge in [-0.2, -0.15) is 0 Å². The quantitative estimate of drug-likeness (QED) is 0.288. The second kappa shape index (κ2) is 11.3. The van der Waals surface area contributed by atoms with Gasteiger partial charge in [-0.1, -0.05) is 67.7 Å². The Balaban J connectivity index is 1.52. The van der Waals surface area contributed by atoms with Crippen LogP contribution in [0.25, 0.3) is 11.1 Å². The van der Waals surface area contributed by atoms with Crippen LogP contribution in [0.2, 0.25) is 0 Å². The Morgan fingerprint density at radius 2 is 1.81 bits per heavy atom. The molecule has 42 heavy (non-hydrogen) atoms.